The van der Waals surface area contributed by atoms with Crippen LogP contribution >= 0.6 is 0 Å². The number of benzene rings is 1. The van der Waals surface area contributed by atoms with Crippen LogP contribution in [0.3, 0.4) is 0 Å². The van der Waals surface area contributed by atoms with Crippen LogP contribution in [0.15, 0.2) is 48.8 Å². The molecule has 0 fully saturated rings. The van der Waals surface area contributed by atoms with E-state index in [1.807, 2.05) is 53.9 Å². The highest BCUT2D eigenvalue weighted by Crippen LogP contribution is 2.25. The van der Waals surface area contributed by atoms with Gasteiger partial charge in [-0.25, -0.2) is 4.98 Å². The van der Waals surface area contributed by atoms with Gasteiger partial charge in [0.1, 0.15) is 17.2 Å². The lowest BCUT2D eigenvalue weighted by Crippen LogP contribution is -2.04. The zero-order valence-electron chi connectivity index (χ0n) is 11.9. The molecule has 2 heterocycles. The number of nitrogens with two attached hydrogens (primary N) is 1. The molecule has 0 saturated carbocycles. The third kappa shape index (κ3) is 2.68. The molecule has 2 aromatic heterocycles. The van der Waals surface area contributed by atoms with Crippen LogP contribution in [-0.4, -0.2) is 16.0 Å². The van der Waals surface area contributed by atoms with Gasteiger partial charge in [-0.2, -0.15) is 0 Å². The largest absolute Gasteiger partial charge is 0.494 e. The lowest BCUT2D eigenvalue weighted by molar-refractivity contribution is 0.336. The summed E-state index contributed by atoms with van der Waals surface area (Å²) in [5.41, 5.74) is 8.66. The molecular formula is C16H18N4O. The normalized spacial score (nSPS) is 10.8. The summed E-state index contributed by atoms with van der Waals surface area (Å²) in [7, 11) is 0. The first-order valence-corrected chi connectivity index (χ1v) is 6.96. The Kier molecular flexibility index (Phi) is 3.75. The van der Waals surface area contributed by atoms with Gasteiger partial charge in [0.05, 0.1) is 6.61 Å². The lowest BCUT2D eigenvalue weighted by atomic mass is 10.1. The quantitative estimate of drug-likeness (QED) is 0.755. The van der Waals surface area contributed by atoms with Crippen molar-refractivity contribution in [3.63, 3.8) is 0 Å². The van der Waals surface area contributed by atoms with E-state index in [2.05, 4.69) is 10.3 Å². The fourth-order valence-corrected chi connectivity index (χ4v) is 2.31. The number of fused-ring (bicyclic) bond motifs is 1. The Morgan fingerprint density at radius 2 is 2.19 bits per heavy atom. The molecule has 5 heteroatoms. The molecule has 0 radical (unpaired) electrons. The second kappa shape index (κ2) is 5.85. The molecule has 0 amide bonds. The first kappa shape index (κ1) is 13.5. The van der Waals surface area contributed by atoms with Gasteiger partial charge in [0.15, 0.2) is 0 Å². The van der Waals surface area contributed by atoms with Crippen LogP contribution in [0.25, 0.3) is 5.65 Å². The van der Waals surface area contributed by atoms with E-state index in [4.69, 9.17) is 10.5 Å². The highest BCUT2D eigenvalue weighted by atomic mass is 16.5. The molecule has 5 nitrogen and oxygen atoms in total. The smallest absolute Gasteiger partial charge is 0.138 e. The molecular weight excluding hydrogens is 264 g/mol. The second-order valence-corrected chi connectivity index (χ2v) is 4.65. The summed E-state index contributed by atoms with van der Waals surface area (Å²) in [6.45, 7) is 3.04. The zero-order valence-corrected chi connectivity index (χ0v) is 11.9. The Morgan fingerprint density at radius 3 is 3.00 bits per heavy atom. The number of nitrogens with zero attached hydrogens (tertiary/aromatic N) is 2. The highest BCUT2D eigenvalue weighted by Gasteiger charge is 2.05. The van der Waals surface area contributed by atoms with Gasteiger partial charge in [-0.1, -0.05) is 6.07 Å². The van der Waals surface area contributed by atoms with Gasteiger partial charge in [0.25, 0.3) is 0 Å². The molecule has 0 aliphatic carbocycles. The molecule has 3 aromatic rings. The molecule has 0 spiro atoms. The number of pyridine rings is 1. The van der Waals surface area contributed by atoms with Crippen LogP contribution in [-0.2, 0) is 6.54 Å². The van der Waals surface area contributed by atoms with Crippen molar-refractivity contribution in [2.24, 2.45) is 5.73 Å². The monoisotopic (exact) mass is 282 g/mol. The molecule has 0 aliphatic rings. The number of imidazole rings is 1. The number of anilines is 2. The van der Waals surface area contributed by atoms with E-state index >= 15 is 0 Å². The SMILES string of the molecule is CCOc1ccc(Nc2cccc3nccn23)cc1CN. The van der Waals surface area contributed by atoms with Crippen molar-refractivity contribution >= 4 is 17.2 Å². The molecule has 3 N–H and O–H groups in total. The van der Waals surface area contributed by atoms with Crippen molar-refractivity contribution in [3.8, 4) is 5.75 Å². The average Bonchev–Trinajstić information content (AvgIpc) is 2.98. The van der Waals surface area contributed by atoms with E-state index in [0.717, 1.165) is 28.5 Å². The third-order valence-corrected chi connectivity index (χ3v) is 3.28. The van der Waals surface area contributed by atoms with Crippen LogP contribution in [0, 0.1) is 0 Å². The molecule has 21 heavy (non-hydrogen) atoms. The maximum atomic E-state index is 5.79. The highest BCUT2D eigenvalue weighted by molar-refractivity contribution is 5.62. The number of hydrogen-bond acceptors (Lipinski definition) is 4. The topological polar surface area (TPSA) is 64.6 Å². The standard InChI is InChI=1S/C16H18N4O/c1-2-21-14-7-6-13(10-12(14)11-17)19-16-5-3-4-15-18-8-9-20(15)16/h3-10,19H,2,11,17H2,1H3. The van der Waals surface area contributed by atoms with Gasteiger partial charge in [-0.3, -0.25) is 4.40 Å². The van der Waals surface area contributed by atoms with Crippen molar-refractivity contribution in [1.82, 2.24) is 9.38 Å². The number of rotatable bonds is 5. The zero-order chi connectivity index (χ0) is 14.7. The Balaban J connectivity index is 1.92. The number of ether oxygens (including phenoxy) is 1. The summed E-state index contributed by atoms with van der Waals surface area (Å²) in [6.07, 6.45) is 3.71. The summed E-state index contributed by atoms with van der Waals surface area (Å²) in [6, 6.07) is 11.9. The third-order valence-electron chi connectivity index (χ3n) is 3.28. The molecule has 108 valence electrons. The molecule has 1 aromatic carbocycles. The van der Waals surface area contributed by atoms with Gasteiger partial charge >= 0.3 is 0 Å². The summed E-state index contributed by atoms with van der Waals surface area (Å²) >= 11 is 0. The van der Waals surface area contributed by atoms with Crippen molar-refractivity contribution in [1.29, 1.82) is 0 Å². The summed E-state index contributed by atoms with van der Waals surface area (Å²) in [5, 5.41) is 3.39. The lowest BCUT2D eigenvalue weighted by Gasteiger charge is -2.13. The summed E-state index contributed by atoms with van der Waals surface area (Å²) < 4.78 is 7.57. The van der Waals surface area contributed by atoms with Gasteiger partial charge in [-0.15, -0.1) is 0 Å². The molecule has 3 rings (SSSR count). The number of hydrogen-bond donors (Lipinski definition) is 2. The van der Waals surface area contributed by atoms with Crippen molar-refractivity contribution < 1.29 is 4.74 Å². The fourth-order valence-electron chi connectivity index (χ4n) is 2.31. The first-order valence-electron chi connectivity index (χ1n) is 6.96. The van der Waals surface area contributed by atoms with Gasteiger partial charge in [0.2, 0.25) is 0 Å². The minimum Gasteiger partial charge on any atom is -0.494 e. The second-order valence-electron chi connectivity index (χ2n) is 4.65. The Labute approximate surface area is 123 Å². The fraction of sp³-hybridized carbons (Fsp3) is 0.188. The molecule has 0 unspecified atom stereocenters. The van der Waals surface area contributed by atoms with Gasteiger partial charge in [-0.05, 0) is 37.3 Å². The van der Waals surface area contributed by atoms with E-state index in [1.54, 1.807) is 6.20 Å². The van der Waals surface area contributed by atoms with Crippen LogP contribution < -0.4 is 15.8 Å². The number of aromatic nitrogens is 2. The van der Waals surface area contributed by atoms with Crippen LogP contribution in [0.5, 0.6) is 5.75 Å². The Hall–Kier alpha value is -2.53. The average molecular weight is 282 g/mol. The van der Waals surface area contributed by atoms with E-state index in [9.17, 15) is 0 Å². The van der Waals surface area contributed by atoms with E-state index in [1.165, 1.54) is 0 Å². The van der Waals surface area contributed by atoms with Gasteiger partial charge < -0.3 is 15.8 Å². The molecule has 0 saturated heterocycles. The summed E-state index contributed by atoms with van der Waals surface area (Å²) in [4.78, 5) is 4.28. The Morgan fingerprint density at radius 1 is 1.29 bits per heavy atom. The van der Waals surface area contributed by atoms with E-state index < -0.39 is 0 Å². The maximum Gasteiger partial charge on any atom is 0.138 e. The predicted octanol–water partition coefficient (Wildman–Crippen LogP) is 2.94. The first-order chi connectivity index (χ1) is 10.3. The van der Waals surface area contributed by atoms with Crippen molar-refractivity contribution in [2.75, 3.05) is 11.9 Å². The molecule has 0 bridgehead atoms. The molecule has 0 atom stereocenters. The maximum absolute atomic E-state index is 5.79. The van der Waals surface area contributed by atoms with Gasteiger partial charge in [0, 0.05) is 30.2 Å². The summed E-state index contributed by atoms with van der Waals surface area (Å²) in [5.74, 6) is 1.79. The minimum atomic E-state index is 0.445. The number of nitrogens with one attached hydrogen (secondary N) is 1. The van der Waals surface area contributed by atoms with E-state index in [0.29, 0.717) is 13.2 Å². The van der Waals surface area contributed by atoms with E-state index in [-0.39, 0.29) is 0 Å². The molecule has 0 aliphatic heterocycles. The predicted molar refractivity (Wildman–Crippen MR) is 84.0 cm³/mol. The van der Waals surface area contributed by atoms with Crippen molar-refractivity contribution in [2.45, 2.75) is 13.5 Å². The van der Waals surface area contributed by atoms with Crippen LogP contribution in [0.4, 0.5) is 11.5 Å². The van der Waals surface area contributed by atoms with Crippen LogP contribution in [0.2, 0.25) is 0 Å². The Bertz CT molecular complexity index is 751. The van der Waals surface area contributed by atoms with Crippen molar-refractivity contribution in [3.05, 3.63) is 54.4 Å². The minimum absolute atomic E-state index is 0.445. The van der Waals surface area contributed by atoms with Crippen LogP contribution in [0.1, 0.15) is 12.5 Å².